The van der Waals surface area contributed by atoms with E-state index in [9.17, 15) is 4.79 Å². The number of aromatic amines is 1. The van der Waals surface area contributed by atoms with Gasteiger partial charge in [-0.15, -0.1) is 0 Å². The molecule has 0 aliphatic heterocycles. The Kier molecular flexibility index (Phi) is 3.41. The van der Waals surface area contributed by atoms with E-state index < -0.39 is 0 Å². The Morgan fingerprint density at radius 2 is 2.00 bits per heavy atom. The number of rotatable bonds is 3. The quantitative estimate of drug-likeness (QED) is 0.885. The third-order valence-electron chi connectivity index (χ3n) is 3.04. The predicted molar refractivity (Wildman–Crippen MR) is 74.8 cm³/mol. The van der Waals surface area contributed by atoms with Gasteiger partial charge in [-0.2, -0.15) is 0 Å². The van der Waals surface area contributed by atoms with Gasteiger partial charge in [-0.3, -0.25) is 14.6 Å². The molecule has 0 bridgehead atoms. The van der Waals surface area contributed by atoms with Crippen molar-refractivity contribution in [2.45, 2.75) is 34.2 Å². The van der Waals surface area contributed by atoms with Crippen LogP contribution in [0, 0.1) is 19.8 Å². The fourth-order valence-electron chi connectivity index (χ4n) is 2.24. The number of hydrogen-bond donors (Lipinski definition) is 1. The Bertz CT molecular complexity index is 605. The van der Waals surface area contributed by atoms with Crippen molar-refractivity contribution in [2.75, 3.05) is 0 Å². The van der Waals surface area contributed by atoms with Crippen molar-refractivity contribution in [2.24, 2.45) is 5.92 Å². The first kappa shape index (κ1) is 12.7. The third-order valence-corrected chi connectivity index (χ3v) is 3.04. The van der Waals surface area contributed by atoms with Crippen LogP contribution in [0.5, 0.6) is 0 Å². The summed E-state index contributed by atoms with van der Waals surface area (Å²) in [5, 5.41) is 2.92. The summed E-state index contributed by atoms with van der Waals surface area (Å²) in [6.45, 7) is 9.07. The Morgan fingerprint density at radius 1 is 1.28 bits per heavy atom. The van der Waals surface area contributed by atoms with E-state index in [2.05, 4.69) is 44.1 Å². The van der Waals surface area contributed by atoms with Crippen LogP contribution < -0.4 is 5.56 Å². The molecule has 0 amide bonds. The van der Waals surface area contributed by atoms with E-state index in [0.29, 0.717) is 5.92 Å². The summed E-state index contributed by atoms with van der Waals surface area (Å²) < 4.78 is 1.97. The topological polar surface area (TPSA) is 37.8 Å². The van der Waals surface area contributed by atoms with Gasteiger partial charge in [0.05, 0.1) is 5.69 Å². The normalized spacial score (nSPS) is 11.2. The van der Waals surface area contributed by atoms with Crippen molar-refractivity contribution in [1.29, 1.82) is 0 Å². The lowest BCUT2D eigenvalue weighted by Gasteiger charge is -2.12. The van der Waals surface area contributed by atoms with E-state index in [1.807, 2.05) is 17.7 Å². The van der Waals surface area contributed by atoms with Gasteiger partial charge in [0.25, 0.3) is 5.56 Å². The van der Waals surface area contributed by atoms with Crippen molar-refractivity contribution in [1.82, 2.24) is 9.78 Å². The van der Waals surface area contributed by atoms with Crippen molar-refractivity contribution >= 4 is 0 Å². The van der Waals surface area contributed by atoms with E-state index >= 15 is 0 Å². The maximum absolute atomic E-state index is 11.8. The Morgan fingerprint density at radius 3 is 2.61 bits per heavy atom. The van der Waals surface area contributed by atoms with Gasteiger partial charge < -0.3 is 0 Å². The fourth-order valence-corrected chi connectivity index (χ4v) is 2.24. The first-order valence-electron chi connectivity index (χ1n) is 6.35. The average Bonchev–Trinajstić information content (AvgIpc) is 2.53. The lowest BCUT2D eigenvalue weighted by atomic mass is 10.1. The van der Waals surface area contributed by atoms with Gasteiger partial charge in [0.15, 0.2) is 0 Å². The van der Waals surface area contributed by atoms with E-state index in [4.69, 9.17) is 0 Å². The maximum atomic E-state index is 11.8. The van der Waals surface area contributed by atoms with Crippen LogP contribution in [-0.4, -0.2) is 9.78 Å². The highest BCUT2D eigenvalue weighted by molar-refractivity contribution is 5.63. The standard InChI is InChI=1S/C15H20N2O/c1-10(2)9-17-14(12(4)15(18)16-17)13-7-5-6-11(3)8-13/h5-8,10H,9H2,1-4H3,(H,16,18). The minimum Gasteiger partial charge on any atom is -0.284 e. The van der Waals surface area contributed by atoms with Gasteiger partial charge in [0, 0.05) is 17.7 Å². The highest BCUT2D eigenvalue weighted by atomic mass is 16.1. The zero-order valence-electron chi connectivity index (χ0n) is 11.4. The van der Waals surface area contributed by atoms with Gasteiger partial charge in [0.2, 0.25) is 0 Å². The van der Waals surface area contributed by atoms with E-state index in [-0.39, 0.29) is 5.56 Å². The van der Waals surface area contributed by atoms with E-state index in [1.54, 1.807) is 0 Å². The van der Waals surface area contributed by atoms with Gasteiger partial charge >= 0.3 is 0 Å². The first-order valence-corrected chi connectivity index (χ1v) is 6.35. The molecule has 2 aromatic rings. The lowest BCUT2D eigenvalue weighted by molar-refractivity contribution is 0.485. The average molecular weight is 244 g/mol. The van der Waals surface area contributed by atoms with E-state index in [0.717, 1.165) is 23.4 Å². The second-order valence-corrected chi connectivity index (χ2v) is 5.29. The molecule has 0 fully saturated rings. The van der Waals surface area contributed by atoms with Crippen molar-refractivity contribution in [3.63, 3.8) is 0 Å². The molecule has 18 heavy (non-hydrogen) atoms. The molecule has 0 radical (unpaired) electrons. The van der Waals surface area contributed by atoms with Gasteiger partial charge in [-0.1, -0.05) is 37.6 Å². The molecule has 1 N–H and O–H groups in total. The number of nitrogens with one attached hydrogen (secondary N) is 1. The van der Waals surface area contributed by atoms with Crippen LogP contribution in [0.15, 0.2) is 29.1 Å². The van der Waals surface area contributed by atoms with Crippen molar-refractivity contribution in [3.8, 4) is 11.3 Å². The molecule has 1 aromatic heterocycles. The molecule has 0 saturated heterocycles. The molecule has 0 aliphatic carbocycles. The molecule has 1 aromatic carbocycles. The Labute approximate surface area is 107 Å². The van der Waals surface area contributed by atoms with Crippen LogP contribution in [-0.2, 0) is 6.54 Å². The van der Waals surface area contributed by atoms with Gasteiger partial charge in [0.1, 0.15) is 0 Å². The molecular formula is C15H20N2O. The number of H-pyrrole nitrogens is 1. The minimum absolute atomic E-state index is 0.00663. The summed E-state index contributed by atoms with van der Waals surface area (Å²) in [4.78, 5) is 11.8. The lowest BCUT2D eigenvalue weighted by Crippen LogP contribution is -2.10. The molecule has 2 rings (SSSR count). The molecule has 0 aliphatic rings. The Hall–Kier alpha value is -1.77. The molecule has 0 unspecified atom stereocenters. The van der Waals surface area contributed by atoms with Crippen LogP contribution in [0.25, 0.3) is 11.3 Å². The number of aryl methyl sites for hydroxylation is 1. The number of nitrogens with zero attached hydrogens (tertiary/aromatic N) is 1. The molecule has 1 heterocycles. The SMILES string of the molecule is Cc1cccc(-c2c(C)c(=O)[nH]n2CC(C)C)c1. The molecule has 3 heteroatoms. The molecule has 3 nitrogen and oxygen atoms in total. The van der Waals surface area contributed by atoms with E-state index in [1.165, 1.54) is 5.56 Å². The largest absolute Gasteiger partial charge is 0.284 e. The van der Waals surface area contributed by atoms with Crippen LogP contribution in [0.1, 0.15) is 25.0 Å². The number of hydrogen-bond acceptors (Lipinski definition) is 1. The molecular weight excluding hydrogens is 224 g/mol. The third kappa shape index (κ3) is 2.40. The molecule has 0 saturated carbocycles. The molecule has 0 atom stereocenters. The monoisotopic (exact) mass is 244 g/mol. The van der Waals surface area contributed by atoms with Gasteiger partial charge in [-0.25, -0.2) is 0 Å². The highest BCUT2D eigenvalue weighted by Gasteiger charge is 2.13. The summed E-state index contributed by atoms with van der Waals surface area (Å²) in [6, 6.07) is 8.27. The van der Waals surface area contributed by atoms with Crippen LogP contribution in [0.3, 0.4) is 0 Å². The second kappa shape index (κ2) is 4.84. The first-order chi connectivity index (χ1) is 8.49. The zero-order chi connectivity index (χ0) is 13.3. The zero-order valence-corrected chi connectivity index (χ0v) is 11.4. The molecule has 96 valence electrons. The molecule has 0 spiro atoms. The second-order valence-electron chi connectivity index (χ2n) is 5.29. The summed E-state index contributed by atoms with van der Waals surface area (Å²) in [5.74, 6) is 0.496. The summed E-state index contributed by atoms with van der Waals surface area (Å²) in [5.41, 5.74) is 4.12. The highest BCUT2D eigenvalue weighted by Crippen LogP contribution is 2.22. The summed E-state index contributed by atoms with van der Waals surface area (Å²) in [7, 11) is 0. The summed E-state index contributed by atoms with van der Waals surface area (Å²) >= 11 is 0. The summed E-state index contributed by atoms with van der Waals surface area (Å²) in [6.07, 6.45) is 0. The van der Waals surface area contributed by atoms with Crippen molar-refractivity contribution < 1.29 is 0 Å². The van der Waals surface area contributed by atoms with Gasteiger partial charge in [-0.05, 0) is 25.8 Å². The number of aromatic nitrogens is 2. The fraction of sp³-hybridized carbons (Fsp3) is 0.400. The minimum atomic E-state index is 0.00663. The number of benzene rings is 1. The van der Waals surface area contributed by atoms with Crippen LogP contribution in [0.2, 0.25) is 0 Å². The predicted octanol–water partition coefficient (Wildman–Crippen LogP) is 3.12. The maximum Gasteiger partial charge on any atom is 0.267 e. The van der Waals surface area contributed by atoms with Crippen LogP contribution >= 0.6 is 0 Å². The van der Waals surface area contributed by atoms with Crippen molar-refractivity contribution in [3.05, 3.63) is 45.7 Å². The Balaban J connectivity index is 2.58. The van der Waals surface area contributed by atoms with Crippen LogP contribution in [0.4, 0.5) is 0 Å². The smallest absolute Gasteiger partial charge is 0.267 e.